The van der Waals surface area contributed by atoms with Crippen LogP contribution < -0.4 is 10.1 Å². The smallest absolute Gasteiger partial charge is 0.147 e. The van der Waals surface area contributed by atoms with E-state index in [-0.39, 0.29) is 11.4 Å². The van der Waals surface area contributed by atoms with Crippen molar-refractivity contribution in [1.29, 1.82) is 0 Å². The van der Waals surface area contributed by atoms with Crippen LogP contribution in [0.5, 0.6) is 11.5 Å². The predicted octanol–water partition coefficient (Wildman–Crippen LogP) is 2.90. The minimum atomic E-state index is -0.0287. The number of anilines is 1. The van der Waals surface area contributed by atoms with Crippen molar-refractivity contribution in [2.24, 2.45) is 0 Å². The molecule has 1 aromatic rings. The van der Waals surface area contributed by atoms with E-state index in [0.29, 0.717) is 0 Å². The molecule has 2 aliphatic rings. The van der Waals surface area contributed by atoms with Crippen molar-refractivity contribution in [3.8, 4) is 11.5 Å². The Bertz CT molecular complexity index is 397. The van der Waals surface area contributed by atoms with E-state index in [1.54, 1.807) is 12.1 Å². The quantitative estimate of drug-likeness (QED) is 0.659. The van der Waals surface area contributed by atoms with Gasteiger partial charge in [0.15, 0.2) is 0 Å². The molecule has 1 fully saturated rings. The Labute approximate surface area is 95.4 Å². The van der Waals surface area contributed by atoms with Gasteiger partial charge in [-0.15, -0.1) is 0 Å². The number of hydrogen-bond donors (Lipinski definition) is 2. The molecule has 0 unspecified atom stereocenters. The molecule has 0 atom stereocenters. The van der Waals surface area contributed by atoms with E-state index < -0.39 is 0 Å². The highest BCUT2D eigenvalue weighted by Crippen LogP contribution is 2.41. The molecular weight excluding hydrogens is 202 g/mol. The van der Waals surface area contributed by atoms with Crippen molar-refractivity contribution in [1.82, 2.24) is 0 Å². The summed E-state index contributed by atoms with van der Waals surface area (Å²) in [6.45, 7) is 0.894. The summed E-state index contributed by atoms with van der Waals surface area (Å²) in [4.78, 5) is 0. The fourth-order valence-corrected chi connectivity index (χ4v) is 2.74. The van der Waals surface area contributed by atoms with Crippen molar-refractivity contribution in [3.05, 3.63) is 18.2 Å². The SMILES string of the molecule is Oc1ccc2c(c1)OC1(CCCCC1)CN2. The summed E-state index contributed by atoms with van der Waals surface area (Å²) in [5.41, 5.74) is 0.966. The van der Waals surface area contributed by atoms with Crippen LogP contribution in [0.3, 0.4) is 0 Å². The molecule has 1 spiro atoms. The van der Waals surface area contributed by atoms with E-state index in [2.05, 4.69) is 5.32 Å². The van der Waals surface area contributed by atoms with Crippen LogP contribution in [0.25, 0.3) is 0 Å². The molecule has 1 heterocycles. The molecule has 3 nitrogen and oxygen atoms in total. The van der Waals surface area contributed by atoms with Gasteiger partial charge in [-0.1, -0.05) is 6.42 Å². The van der Waals surface area contributed by atoms with Gasteiger partial charge in [0.05, 0.1) is 12.2 Å². The van der Waals surface area contributed by atoms with Gasteiger partial charge in [0, 0.05) is 6.07 Å². The molecule has 1 aliphatic carbocycles. The molecule has 3 rings (SSSR count). The number of phenols is 1. The van der Waals surface area contributed by atoms with Crippen LogP contribution in [0, 0.1) is 0 Å². The molecule has 3 heteroatoms. The summed E-state index contributed by atoms with van der Waals surface area (Å²) in [6, 6.07) is 5.27. The number of ether oxygens (including phenoxy) is 1. The number of aromatic hydroxyl groups is 1. The number of nitrogens with one attached hydrogen (secondary N) is 1. The molecule has 1 aromatic carbocycles. The standard InChI is InChI=1S/C13H17NO2/c15-10-4-5-11-12(8-10)16-13(9-14-11)6-2-1-3-7-13/h4-5,8,14-15H,1-3,6-7,9H2. The predicted molar refractivity (Wildman–Crippen MR) is 63.0 cm³/mol. The molecule has 0 saturated heterocycles. The molecule has 0 radical (unpaired) electrons. The first-order valence-electron chi connectivity index (χ1n) is 6.03. The van der Waals surface area contributed by atoms with Crippen LogP contribution in [0.2, 0.25) is 0 Å². The third kappa shape index (κ3) is 1.60. The maximum absolute atomic E-state index is 9.47. The average molecular weight is 219 g/mol. The third-order valence-electron chi connectivity index (χ3n) is 3.66. The van der Waals surface area contributed by atoms with Gasteiger partial charge < -0.3 is 15.2 Å². The van der Waals surface area contributed by atoms with Crippen molar-refractivity contribution in [2.75, 3.05) is 11.9 Å². The Morgan fingerprint density at radius 3 is 2.81 bits per heavy atom. The number of rotatable bonds is 0. The zero-order valence-corrected chi connectivity index (χ0v) is 9.33. The summed E-state index contributed by atoms with van der Waals surface area (Å²) >= 11 is 0. The molecule has 86 valence electrons. The van der Waals surface area contributed by atoms with Crippen molar-refractivity contribution >= 4 is 5.69 Å². The second-order valence-electron chi connectivity index (χ2n) is 4.88. The van der Waals surface area contributed by atoms with E-state index in [0.717, 1.165) is 30.8 Å². The maximum atomic E-state index is 9.47. The molecule has 16 heavy (non-hydrogen) atoms. The van der Waals surface area contributed by atoms with Crippen LogP contribution in [-0.4, -0.2) is 17.3 Å². The van der Waals surface area contributed by atoms with E-state index in [9.17, 15) is 5.11 Å². The van der Waals surface area contributed by atoms with Crippen LogP contribution in [0.15, 0.2) is 18.2 Å². The number of hydrogen-bond acceptors (Lipinski definition) is 3. The lowest BCUT2D eigenvalue weighted by molar-refractivity contribution is 0.0368. The fourth-order valence-electron chi connectivity index (χ4n) is 2.74. The second kappa shape index (κ2) is 3.58. The highest BCUT2D eigenvalue weighted by atomic mass is 16.5. The largest absolute Gasteiger partial charge is 0.508 e. The van der Waals surface area contributed by atoms with Crippen LogP contribution in [-0.2, 0) is 0 Å². The number of fused-ring (bicyclic) bond motifs is 1. The van der Waals surface area contributed by atoms with Crippen molar-refractivity contribution < 1.29 is 9.84 Å². The van der Waals surface area contributed by atoms with Gasteiger partial charge in [-0.3, -0.25) is 0 Å². The lowest BCUT2D eigenvalue weighted by Gasteiger charge is -2.41. The monoisotopic (exact) mass is 219 g/mol. The first-order chi connectivity index (χ1) is 7.77. The average Bonchev–Trinajstić information content (AvgIpc) is 2.29. The Morgan fingerprint density at radius 1 is 1.19 bits per heavy atom. The summed E-state index contributed by atoms with van der Waals surface area (Å²) in [5.74, 6) is 1.07. The van der Waals surface area contributed by atoms with Crippen molar-refractivity contribution in [2.45, 2.75) is 37.7 Å². The topological polar surface area (TPSA) is 41.5 Å². The van der Waals surface area contributed by atoms with Gasteiger partial charge in [0.1, 0.15) is 17.1 Å². The molecule has 1 saturated carbocycles. The van der Waals surface area contributed by atoms with E-state index in [1.807, 2.05) is 6.07 Å². The molecule has 0 aromatic heterocycles. The maximum Gasteiger partial charge on any atom is 0.147 e. The minimum Gasteiger partial charge on any atom is -0.508 e. The first-order valence-corrected chi connectivity index (χ1v) is 6.03. The fraction of sp³-hybridized carbons (Fsp3) is 0.538. The van der Waals surface area contributed by atoms with Gasteiger partial charge in [0.25, 0.3) is 0 Å². The van der Waals surface area contributed by atoms with Gasteiger partial charge in [0.2, 0.25) is 0 Å². The Hall–Kier alpha value is -1.38. The number of phenolic OH excluding ortho intramolecular Hbond substituents is 1. The van der Waals surface area contributed by atoms with Crippen LogP contribution in [0.4, 0.5) is 5.69 Å². The molecular formula is C13H17NO2. The third-order valence-corrected chi connectivity index (χ3v) is 3.66. The Kier molecular flexibility index (Phi) is 2.20. The van der Waals surface area contributed by atoms with Gasteiger partial charge in [-0.25, -0.2) is 0 Å². The lowest BCUT2D eigenvalue weighted by atomic mass is 9.83. The molecule has 2 N–H and O–H groups in total. The van der Waals surface area contributed by atoms with Gasteiger partial charge in [-0.05, 0) is 37.8 Å². The van der Waals surface area contributed by atoms with Gasteiger partial charge >= 0.3 is 0 Å². The zero-order chi connectivity index (χ0) is 11.0. The highest BCUT2D eigenvalue weighted by molar-refractivity contribution is 5.60. The van der Waals surface area contributed by atoms with Crippen molar-refractivity contribution in [3.63, 3.8) is 0 Å². The summed E-state index contributed by atoms with van der Waals surface area (Å²) in [7, 11) is 0. The van der Waals surface area contributed by atoms with Gasteiger partial charge in [-0.2, -0.15) is 0 Å². The molecule has 0 bridgehead atoms. The van der Waals surface area contributed by atoms with E-state index in [1.165, 1.54) is 19.3 Å². The number of benzene rings is 1. The first kappa shape index (κ1) is 9.82. The summed E-state index contributed by atoms with van der Waals surface area (Å²) < 4.78 is 6.12. The van der Waals surface area contributed by atoms with E-state index >= 15 is 0 Å². The van der Waals surface area contributed by atoms with Crippen LogP contribution in [0.1, 0.15) is 32.1 Å². The Balaban J connectivity index is 1.89. The zero-order valence-electron chi connectivity index (χ0n) is 9.33. The Morgan fingerprint density at radius 2 is 2.00 bits per heavy atom. The summed E-state index contributed by atoms with van der Waals surface area (Å²) in [6.07, 6.45) is 6.05. The van der Waals surface area contributed by atoms with Crippen LogP contribution >= 0.6 is 0 Å². The summed E-state index contributed by atoms with van der Waals surface area (Å²) in [5, 5.41) is 12.9. The lowest BCUT2D eigenvalue weighted by Crippen LogP contribution is -2.47. The minimum absolute atomic E-state index is 0.0287. The normalized spacial score (nSPS) is 22.0. The molecule has 0 amide bonds. The van der Waals surface area contributed by atoms with E-state index in [4.69, 9.17) is 4.74 Å². The second-order valence-corrected chi connectivity index (χ2v) is 4.88. The molecule has 1 aliphatic heterocycles. The highest BCUT2D eigenvalue weighted by Gasteiger charge is 2.37.